The van der Waals surface area contributed by atoms with Gasteiger partial charge in [-0.15, -0.1) is 0 Å². The molecule has 1 aromatic rings. The van der Waals surface area contributed by atoms with Crippen LogP contribution in [0.4, 0.5) is 11.4 Å². The number of benzene rings is 1. The monoisotopic (exact) mass is 308 g/mol. The number of carbonyl (C=O) groups excluding carboxylic acids is 1. The van der Waals surface area contributed by atoms with E-state index >= 15 is 0 Å². The van der Waals surface area contributed by atoms with Crippen molar-refractivity contribution in [1.82, 2.24) is 9.80 Å². The molecule has 1 amide bonds. The number of nitro benzene ring substituents is 1. The molecule has 0 radical (unpaired) electrons. The van der Waals surface area contributed by atoms with Crippen LogP contribution in [-0.4, -0.2) is 71.6 Å². The lowest BCUT2D eigenvalue weighted by Crippen LogP contribution is -2.49. The number of β-amino-alcohol motifs (C(OH)–C–C–N with tert-alkyl or cyclic N) is 1. The molecule has 0 bridgehead atoms. The molecule has 0 aliphatic carbocycles. The van der Waals surface area contributed by atoms with Crippen LogP contribution in [0, 0.1) is 10.1 Å². The van der Waals surface area contributed by atoms with Crippen molar-refractivity contribution in [3.63, 3.8) is 0 Å². The van der Waals surface area contributed by atoms with Gasteiger partial charge in [-0.1, -0.05) is 12.1 Å². The number of piperazine rings is 1. The van der Waals surface area contributed by atoms with Crippen LogP contribution in [0.1, 0.15) is 0 Å². The quantitative estimate of drug-likeness (QED) is 0.573. The van der Waals surface area contributed by atoms with Crippen molar-refractivity contribution in [2.75, 3.05) is 51.2 Å². The van der Waals surface area contributed by atoms with Crippen molar-refractivity contribution in [3.8, 4) is 0 Å². The van der Waals surface area contributed by atoms with E-state index < -0.39 is 4.92 Å². The second-order valence-corrected chi connectivity index (χ2v) is 5.16. The summed E-state index contributed by atoms with van der Waals surface area (Å²) in [5, 5.41) is 22.4. The highest BCUT2D eigenvalue weighted by atomic mass is 16.6. The molecule has 0 unspecified atom stereocenters. The molecule has 1 aliphatic heterocycles. The molecule has 1 aliphatic rings. The van der Waals surface area contributed by atoms with Crippen LogP contribution in [0.2, 0.25) is 0 Å². The summed E-state index contributed by atoms with van der Waals surface area (Å²) >= 11 is 0. The van der Waals surface area contributed by atoms with E-state index in [1.54, 1.807) is 12.1 Å². The Morgan fingerprint density at radius 2 is 1.86 bits per heavy atom. The average Bonchev–Trinajstić information content (AvgIpc) is 2.50. The Kier molecular flexibility index (Phi) is 5.82. The van der Waals surface area contributed by atoms with E-state index in [1.165, 1.54) is 12.1 Å². The molecule has 0 aromatic heterocycles. The van der Waals surface area contributed by atoms with Gasteiger partial charge < -0.3 is 10.4 Å². The van der Waals surface area contributed by atoms with Crippen LogP contribution in [0.25, 0.3) is 0 Å². The fraction of sp³-hybridized carbons (Fsp3) is 0.500. The van der Waals surface area contributed by atoms with Crippen molar-refractivity contribution in [1.29, 1.82) is 0 Å². The third kappa shape index (κ3) is 4.48. The summed E-state index contributed by atoms with van der Waals surface area (Å²) in [5.74, 6) is -0.259. The highest BCUT2D eigenvalue weighted by Crippen LogP contribution is 2.23. The number of carbonyl (C=O) groups is 1. The van der Waals surface area contributed by atoms with Crippen molar-refractivity contribution >= 4 is 17.3 Å². The standard InChI is InChI=1S/C14H20N4O4/c19-10-9-16-5-7-17(8-6-16)11-14(20)15-12-3-1-2-4-13(12)18(21)22/h1-4,19H,5-11H2,(H,15,20). The number of rotatable bonds is 6. The number of para-hydroxylation sites is 2. The topological polar surface area (TPSA) is 99.0 Å². The number of nitrogens with one attached hydrogen (secondary N) is 1. The van der Waals surface area contributed by atoms with Gasteiger partial charge in [0.2, 0.25) is 5.91 Å². The van der Waals surface area contributed by atoms with Crippen LogP contribution in [-0.2, 0) is 4.79 Å². The van der Waals surface area contributed by atoms with E-state index in [-0.39, 0.29) is 30.4 Å². The maximum atomic E-state index is 12.0. The Morgan fingerprint density at radius 3 is 2.50 bits per heavy atom. The molecule has 22 heavy (non-hydrogen) atoms. The number of amides is 1. The normalized spacial score (nSPS) is 16.4. The molecule has 0 atom stereocenters. The van der Waals surface area contributed by atoms with Gasteiger partial charge in [-0.2, -0.15) is 0 Å². The summed E-state index contributed by atoms with van der Waals surface area (Å²) in [6.45, 7) is 4.08. The lowest BCUT2D eigenvalue weighted by Gasteiger charge is -2.33. The fourth-order valence-electron chi connectivity index (χ4n) is 2.44. The van der Waals surface area contributed by atoms with Crippen LogP contribution in [0.15, 0.2) is 24.3 Å². The number of nitrogens with zero attached hydrogens (tertiary/aromatic N) is 3. The van der Waals surface area contributed by atoms with Gasteiger partial charge in [0.25, 0.3) is 5.69 Å². The maximum Gasteiger partial charge on any atom is 0.292 e. The first kappa shape index (κ1) is 16.3. The van der Waals surface area contributed by atoms with Gasteiger partial charge in [0.15, 0.2) is 0 Å². The molecule has 1 fully saturated rings. The third-order valence-electron chi connectivity index (χ3n) is 3.62. The smallest absolute Gasteiger partial charge is 0.292 e. The molecular formula is C14H20N4O4. The van der Waals surface area contributed by atoms with Gasteiger partial charge >= 0.3 is 0 Å². The lowest BCUT2D eigenvalue weighted by molar-refractivity contribution is -0.383. The minimum Gasteiger partial charge on any atom is -0.395 e. The Balaban J connectivity index is 1.85. The van der Waals surface area contributed by atoms with E-state index in [0.717, 1.165) is 26.2 Å². The molecule has 0 spiro atoms. The summed E-state index contributed by atoms with van der Waals surface area (Å²) in [7, 11) is 0. The largest absolute Gasteiger partial charge is 0.395 e. The summed E-state index contributed by atoms with van der Waals surface area (Å²) in [5.41, 5.74) is 0.111. The minimum atomic E-state index is -0.511. The van der Waals surface area contributed by atoms with Gasteiger partial charge in [-0.3, -0.25) is 24.7 Å². The lowest BCUT2D eigenvalue weighted by atomic mass is 10.2. The summed E-state index contributed by atoms with van der Waals surface area (Å²) in [6, 6.07) is 6.10. The van der Waals surface area contributed by atoms with E-state index in [4.69, 9.17) is 5.11 Å². The maximum absolute atomic E-state index is 12.0. The second-order valence-electron chi connectivity index (χ2n) is 5.16. The van der Waals surface area contributed by atoms with Crippen LogP contribution in [0.5, 0.6) is 0 Å². The van der Waals surface area contributed by atoms with Gasteiger partial charge in [0.05, 0.1) is 18.1 Å². The molecule has 2 N–H and O–H groups in total. The van der Waals surface area contributed by atoms with Crippen LogP contribution in [0.3, 0.4) is 0 Å². The third-order valence-corrected chi connectivity index (χ3v) is 3.62. The Morgan fingerprint density at radius 1 is 1.23 bits per heavy atom. The zero-order chi connectivity index (χ0) is 15.9. The zero-order valence-corrected chi connectivity index (χ0v) is 12.3. The first-order chi connectivity index (χ1) is 10.6. The first-order valence-electron chi connectivity index (χ1n) is 7.19. The van der Waals surface area contributed by atoms with Crippen molar-refractivity contribution in [3.05, 3.63) is 34.4 Å². The number of nitro groups is 1. The Bertz CT molecular complexity index is 529. The Hall–Kier alpha value is -2.03. The van der Waals surface area contributed by atoms with Gasteiger partial charge in [0, 0.05) is 38.8 Å². The average molecular weight is 308 g/mol. The van der Waals surface area contributed by atoms with Crippen LogP contribution >= 0.6 is 0 Å². The van der Waals surface area contributed by atoms with Gasteiger partial charge in [-0.25, -0.2) is 0 Å². The number of hydrogen-bond donors (Lipinski definition) is 2. The molecule has 8 nitrogen and oxygen atoms in total. The zero-order valence-electron chi connectivity index (χ0n) is 12.3. The van der Waals surface area contributed by atoms with Crippen molar-refractivity contribution in [2.45, 2.75) is 0 Å². The number of aliphatic hydroxyl groups is 1. The van der Waals surface area contributed by atoms with Gasteiger partial charge in [0.1, 0.15) is 5.69 Å². The van der Waals surface area contributed by atoms with Gasteiger partial charge in [-0.05, 0) is 6.07 Å². The summed E-state index contributed by atoms with van der Waals surface area (Å²) in [4.78, 5) is 26.6. The molecule has 1 heterocycles. The highest BCUT2D eigenvalue weighted by Gasteiger charge is 2.20. The number of anilines is 1. The Labute approximate surface area is 128 Å². The molecule has 1 aromatic carbocycles. The van der Waals surface area contributed by atoms with E-state index in [1.807, 2.05) is 4.90 Å². The summed E-state index contributed by atoms with van der Waals surface area (Å²) in [6.07, 6.45) is 0. The number of aliphatic hydroxyl groups excluding tert-OH is 1. The second kappa shape index (κ2) is 7.83. The predicted molar refractivity (Wildman–Crippen MR) is 81.7 cm³/mol. The first-order valence-corrected chi connectivity index (χ1v) is 7.19. The molecule has 8 heteroatoms. The van der Waals surface area contributed by atoms with Crippen molar-refractivity contribution < 1.29 is 14.8 Å². The predicted octanol–water partition coefficient (Wildman–Crippen LogP) is 0.143. The minimum absolute atomic E-state index is 0.108. The SMILES string of the molecule is O=C(CN1CCN(CCO)CC1)Nc1ccccc1[N+](=O)[O-]. The molecule has 120 valence electrons. The van der Waals surface area contributed by atoms with Crippen LogP contribution < -0.4 is 5.32 Å². The molecule has 1 saturated heterocycles. The van der Waals surface area contributed by atoms with E-state index in [0.29, 0.717) is 6.54 Å². The molecule has 2 rings (SSSR count). The van der Waals surface area contributed by atoms with E-state index in [2.05, 4.69) is 10.2 Å². The molecule has 0 saturated carbocycles. The highest BCUT2D eigenvalue weighted by molar-refractivity contribution is 5.94. The number of hydrogen-bond acceptors (Lipinski definition) is 6. The summed E-state index contributed by atoms with van der Waals surface area (Å²) < 4.78 is 0. The van der Waals surface area contributed by atoms with E-state index in [9.17, 15) is 14.9 Å². The fourth-order valence-corrected chi connectivity index (χ4v) is 2.44. The molecular weight excluding hydrogens is 288 g/mol. The van der Waals surface area contributed by atoms with Crippen molar-refractivity contribution in [2.24, 2.45) is 0 Å².